The number of carbonyl (C=O) groups excluding carboxylic acids is 1. The minimum Gasteiger partial charge on any atom is -0.462 e. The van der Waals surface area contributed by atoms with E-state index < -0.39 is 37.3 Å². The molecule has 0 bridgehead atoms. The van der Waals surface area contributed by atoms with Gasteiger partial charge in [0.2, 0.25) is 6.29 Å². The highest BCUT2D eigenvalue weighted by molar-refractivity contribution is 6.10. The van der Waals surface area contributed by atoms with Gasteiger partial charge in [-0.25, -0.2) is 0 Å². The SMILES string of the molecule is Cc1cc(O[C@H]2O[C@H](CO)[C@H](O)[C@H](O)[C@H]2O)ccc1C(=O)c1ccc(C#N)cc1. The van der Waals surface area contributed by atoms with Gasteiger partial charge in [0.15, 0.2) is 5.78 Å². The molecule has 0 saturated carbocycles. The zero-order chi connectivity index (χ0) is 21.1. The van der Waals surface area contributed by atoms with Gasteiger partial charge in [-0.1, -0.05) is 0 Å². The lowest BCUT2D eigenvalue weighted by Crippen LogP contribution is -2.60. The van der Waals surface area contributed by atoms with Gasteiger partial charge >= 0.3 is 0 Å². The molecule has 8 heteroatoms. The molecule has 1 fully saturated rings. The van der Waals surface area contributed by atoms with Crippen molar-refractivity contribution in [2.75, 3.05) is 6.61 Å². The third kappa shape index (κ3) is 4.29. The van der Waals surface area contributed by atoms with Crippen molar-refractivity contribution in [1.29, 1.82) is 5.26 Å². The first-order valence-corrected chi connectivity index (χ1v) is 8.98. The molecule has 1 aliphatic rings. The van der Waals surface area contributed by atoms with E-state index in [9.17, 15) is 25.2 Å². The third-order valence-corrected chi connectivity index (χ3v) is 4.82. The van der Waals surface area contributed by atoms with Gasteiger partial charge in [-0.3, -0.25) is 4.79 Å². The van der Waals surface area contributed by atoms with E-state index >= 15 is 0 Å². The Kier molecular flexibility index (Phi) is 6.27. The van der Waals surface area contributed by atoms with Crippen molar-refractivity contribution >= 4 is 5.78 Å². The highest BCUT2D eigenvalue weighted by Crippen LogP contribution is 2.26. The third-order valence-electron chi connectivity index (χ3n) is 4.82. The molecule has 0 amide bonds. The fourth-order valence-electron chi connectivity index (χ4n) is 3.11. The summed E-state index contributed by atoms with van der Waals surface area (Å²) in [7, 11) is 0. The average Bonchev–Trinajstić information content (AvgIpc) is 2.74. The molecular weight excluding hydrogens is 378 g/mol. The molecule has 5 atom stereocenters. The van der Waals surface area contributed by atoms with Crippen molar-refractivity contribution in [3.8, 4) is 11.8 Å². The molecule has 0 aliphatic carbocycles. The number of aliphatic hydroxyl groups excluding tert-OH is 4. The Bertz CT molecular complexity index is 920. The van der Waals surface area contributed by atoms with Gasteiger partial charge in [0.05, 0.1) is 18.2 Å². The topological polar surface area (TPSA) is 140 Å². The molecule has 0 radical (unpaired) electrons. The maximum Gasteiger partial charge on any atom is 0.229 e. The Morgan fingerprint density at radius 1 is 1.10 bits per heavy atom. The molecule has 1 aliphatic heterocycles. The predicted octanol–water partition coefficient (Wildman–Crippen LogP) is 0.276. The quantitative estimate of drug-likeness (QED) is 0.526. The Balaban J connectivity index is 1.77. The molecule has 8 nitrogen and oxygen atoms in total. The van der Waals surface area contributed by atoms with Crippen molar-refractivity contribution in [1.82, 2.24) is 0 Å². The van der Waals surface area contributed by atoms with E-state index in [1.807, 2.05) is 6.07 Å². The van der Waals surface area contributed by atoms with Gasteiger partial charge < -0.3 is 29.9 Å². The van der Waals surface area contributed by atoms with Crippen LogP contribution in [0.2, 0.25) is 0 Å². The lowest BCUT2D eigenvalue weighted by molar-refractivity contribution is -0.277. The van der Waals surface area contributed by atoms with Crippen molar-refractivity contribution in [2.24, 2.45) is 0 Å². The normalized spacial score (nSPS) is 26.6. The summed E-state index contributed by atoms with van der Waals surface area (Å²) in [5.74, 6) is 0.0644. The fraction of sp³-hybridized carbons (Fsp3) is 0.333. The summed E-state index contributed by atoms with van der Waals surface area (Å²) in [5, 5.41) is 47.8. The van der Waals surface area contributed by atoms with E-state index in [4.69, 9.17) is 14.7 Å². The number of nitrogens with zero attached hydrogens (tertiary/aromatic N) is 1. The number of aryl methyl sites for hydroxylation is 1. The average molecular weight is 399 g/mol. The molecule has 29 heavy (non-hydrogen) atoms. The highest BCUT2D eigenvalue weighted by Gasteiger charge is 2.44. The first-order chi connectivity index (χ1) is 13.8. The second-order valence-electron chi connectivity index (χ2n) is 6.81. The molecule has 1 heterocycles. The van der Waals surface area contributed by atoms with Crippen LogP contribution in [-0.4, -0.2) is 63.5 Å². The maximum absolute atomic E-state index is 12.7. The second-order valence-corrected chi connectivity index (χ2v) is 6.81. The fourth-order valence-corrected chi connectivity index (χ4v) is 3.11. The summed E-state index contributed by atoms with van der Waals surface area (Å²) in [6.45, 7) is 1.17. The maximum atomic E-state index is 12.7. The summed E-state index contributed by atoms with van der Waals surface area (Å²) in [5.41, 5.74) is 1.95. The van der Waals surface area contributed by atoms with E-state index in [1.165, 1.54) is 6.07 Å². The Morgan fingerprint density at radius 3 is 2.38 bits per heavy atom. The Hall–Kier alpha value is -2.80. The number of rotatable bonds is 5. The molecule has 152 valence electrons. The van der Waals surface area contributed by atoms with E-state index in [-0.39, 0.29) is 11.5 Å². The Labute approximate surface area is 167 Å². The summed E-state index contributed by atoms with van der Waals surface area (Å²) < 4.78 is 10.9. The lowest BCUT2D eigenvalue weighted by atomic mass is 9.98. The van der Waals surface area contributed by atoms with E-state index in [2.05, 4.69) is 0 Å². The van der Waals surface area contributed by atoms with Crippen molar-refractivity contribution < 1.29 is 34.7 Å². The van der Waals surface area contributed by atoms with Crippen LogP contribution in [0.15, 0.2) is 42.5 Å². The zero-order valence-corrected chi connectivity index (χ0v) is 15.6. The monoisotopic (exact) mass is 399 g/mol. The van der Waals surface area contributed by atoms with Gasteiger partial charge in [-0.15, -0.1) is 0 Å². The Morgan fingerprint density at radius 2 is 1.79 bits per heavy atom. The summed E-state index contributed by atoms with van der Waals surface area (Å²) in [6, 6.07) is 13.0. The van der Waals surface area contributed by atoms with Crippen LogP contribution in [0.3, 0.4) is 0 Å². The molecular formula is C21H21NO7. The number of benzene rings is 2. The van der Waals surface area contributed by atoms with Gasteiger partial charge in [0.25, 0.3) is 0 Å². The van der Waals surface area contributed by atoms with Crippen LogP contribution in [0.5, 0.6) is 5.75 Å². The summed E-state index contributed by atoms with van der Waals surface area (Å²) in [4.78, 5) is 12.7. The number of carbonyl (C=O) groups is 1. The summed E-state index contributed by atoms with van der Waals surface area (Å²) in [6.07, 6.45) is -6.90. The number of hydrogen-bond donors (Lipinski definition) is 4. The van der Waals surface area contributed by atoms with Gasteiger partial charge in [0, 0.05) is 11.1 Å². The van der Waals surface area contributed by atoms with E-state index in [1.54, 1.807) is 43.3 Å². The molecule has 0 spiro atoms. The number of ketones is 1. The standard InChI is InChI=1S/C21H21NO7/c1-11-8-14(28-21-20(27)19(26)18(25)16(10-23)29-21)6-7-15(11)17(24)13-4-2-12(9-22)3-5-13/h2-8,16,18-21,23,25-27H,10H2,1H3/t16-,18+,19+,20-,21+/m1/s1. The van der Waals surface area contributed by atoms with Gasteiger partial charge in [-0.05, 0) is 55.0 Å². The van der Waals surface area contributed by atoms with Crippen LogP contribution in [0.1, 0.15) is 27.0 Å². The van der Waals surface area contributed by atoms with Gasteiger partial charge in [0.1, 0.15) is 30.2 Å². The first kappa shape index (κ1) is 20.9. The number of hydrogen-bond acceptors (Lipinski definition) is 8. The van der Waals surface area contributed by atoms with Crippen LogP contribution >= 0.6 is 0 Å². The molecule has 1 saturated heterocycles. The minimum atomic E-state index is -1.54. The minimum absolute atomic E-state index is 0.216. The van der Waals surface area contributed by atoms with Gasteiger partial charge in [-0.2, -0.15) is 5.26 Å². The van der Waals surface area contributed by atoms with Crippen LogP contribution in [0, 0.1) is 18.3 Å². The molecule has 0 unspecified atom stereocenters. The largest absolute Gasteiger partial charge is 0.462 e. The smallest absolute Gasteiger partial charge is 0.229 e. The molecule has 0 aromatic heterocycles. The van der Waals surface area contributed by atoms with Crippen molar-refractivity contribution in [2.45, 2.75) is 37.6 Å². The number of ether oxygens (including phenoxy) is 2. The first-order valence-electron chi connectivity index (χ1n) is 8.98. The van der Waals surface area contributed by atoms with E-state index in [0.717, 1.165) is 0 Å². The number of aliphatic hydroxyl groups is 4. The van der Waals surface area contributed by atoms with Crippen LogP contribution in [0.4, 0.5) is 0 Å². The highest BCUT2D eigenvalue weighted by atomic mass is 16.7. The van der Waals surface area contributed by atoms with Crippen LogP contribution < -0.4 is 4.74 Å². The zero-order valence-electron chi connectivity index (χ0n) is 15.6. The summed E-state index contributed by atoms with van der Waals surface area (Å²) >= 11 is 0. The molecule has 2 aromatic rings. The second kappa shape index (κ2) is 8.69. The van der Waals surface area contributed by atoms with Crippen molar-refractivity contribution in [3.63, 3.8) is 0 Å². The van der Waals surface area contributed by atoms with Crippen LogP contribution in [0.25, 0.3) is 0 Å². The molecule has 4 N–H and O–H groups in total. The number of nitriles is 1. The van der Waals surface area contributed by atoms with Crippen molar-refractivity contribution in [3.05, 3.63) is 64.7 Å². The molecule has 3 rings (SSSR count). The van der Waals surface area contributed by atoms with Crippen LogP contribution in [-0.2, 0) is 4.74 Å². The predicted molar refractivity (Wildman–Crippen MR) is 100 cm³/mol. The molecule has 2 aromatic carbocycles. The van der Waals surface area contributed by atoms with E-state index in [0.29, 0.717) is 22.3 Å². The lowest BCUT2D eigenvalue weighted by Gasteiger charge is -2.39.